The van der Waals surface area contributed by atoms with E-state index in [1.807, 2.05) is 24.3 Å². The highest BCUT2D eigenvalue weighted by molar-refractivity contribution is 7.71. The number of aromatic amines is 1. The Morgan fingerprint density at radius 3 is 2.61 bits per heavy atom. The maximum absolute atomic E-state index is 12.6. The Balaban J connectivity index is 1.75. The summed E-state index contributed by atoms with van der Waals surface area (Å²) in [4.78, 5) is 18.4. The molecule has 0 amide bonds. The molecule has 0 radical (unpaired) electrons. The second-order valence-electron chi connectivity index (χ2n) is 6.65. The maximum Gasteiger partial charge on any atom is 0.262 e. The first-order valence-corrected chi connectivity index (χ1v) is 8.96. The summed E-state index contributed by atoms with van der Waals surface area (Å²) in [5.74, 6) is 0. The van der Waals surface area contributed by atoms with Gasteiger partial charge in [-0.1, -0.05) is 18.6 Å². The smallest absolute Gasteiger partial charge is 0.262 e. The summed E-state index contributed by atoms with van der Waals surface area (Å²) in [5, 5.41) is 0.709. The minimum Gasteiger partial charge on any atom is -0.332 e. The highest BCUT2D eigenvalue weighted by Gasteiger charge is 2.23. The third-order valence-electron chi connectivity index (χ3n) is 5.06. The zero-order valence-electron chi connectivity index (χ0n) is 13.9. The van der Waals surface area contributed by atoms with E-state index in [-0.39, 0.29) is 5.56 Å². The van der Waals surface area contributed by atoms with Gasteiger partial charge in [-0.15, -0.1) is 0 Å². The van der Waals surface area contributed by atoms with Gasteiger partial charge >= 0.3 is 0 Å². The van der Waals surface area contributed by atoms with Crippen LogP contribution in [0.3, 0.4) is 0 Å². The van der Waals surface area contributed by atoms with E-state index in [2.05, 4.69) is 23.7 Å². The van der Waals surface area contributed by atoms with Gasteiger partial charge in [0, 0.05) is 25.2 Å². The zero-order chi connectivity index (χ0) is 16.4. The molecule has 1 aromatic carbocycles. The minimum atomic E-state index is 0.0177. The third kappa shape index (κ3) is 3.40. The van der Waals surface area contributed by atoms with Crippen LogP contribution < -0.4 is 5.56 Å². The molecule has 23 heavy (non-hydrogen) atoms. The number of H-pyrrole nitrogens is 1. The highest BCUT2D eigenvalue weighted by atomic mass is 32.1. The SMILES string of the molecule is C[C@@H]1CCC[C@H](C)N1CCCn1c(=S)[nH]c2ccccc2c1=O. The molecule has 1 fully saturated rings. The van der Waals surface area contributed by atoms with Crippen molar-refractivity contribution in [1.82, 2.24) is 14.5 Å². The van der Waals surface area contributed by atoms with E-state index in [1.165, 1.54) is 19.3 Å². The summed E-state index contributed by atoms with van der Waals surface area (Å²) in [7, 11) is 0. The van der Waals surface area contributed by atoms with E-state index in [4.69, 9.17) is 12.2 Å². The molecule has 2 heterocycles. The first-order chi connectivity index (χ1) is 11.1. The minimum absolute atomic E-state index is 0.0177. The molecule has 0 spiro atoms. The van der Waals surface area contributed by atoms with Crippen molar-refractivity contribution in [2.75, 3.05) is 6.54 Å². The van der Waals surface area contributed by atoms with Crippen LogP contribution in [0.5, 0.6) is 0 Å². The van der Waals surface area contributed by atoms with Crippen LogP contribution in [0.1, 0.15) is 39.5 Å². The number of nitrogens with zero attached hydrogens (tertiary/aromatic N) is 2. The molecule has 1 aromatic heterocycles. The Labute approximate surface area is 142 Å². The lowest BCUT2D eigenvalue weighted by Crippen LogP contribution is -2.44. The molecule has 3 rings (SSSR count). The van der Waals surface area contributed by atoms with Crippen LogP contribution in [-0.4, -0.2) is 33.1 Å². The van der Waals surface area contributed by atoms with Crippen molar-refractivity contribution in [3.8, 4) is 0 Å². The summed E-state index contributed by atoms with van der Waals surface area (Å²) >= 11 is 5.38. The average Bonchev–Trinajstić information content (AvgIpc) is 2.53. The predicted octanol–water partition coefficient (Wildman–Crippen LogP) is 3.71. The van der Waals surface area contributed by atoms with Gasteiger partial charge in [0.15, 0.2) is 4.77 Å². The largest absolute Gasteiger partial charge is 0.332 e. The van der Waals surface area contributed by atoms with Crippen LogP contribution >= 0.6 is 12.2 Å². The average molecular weight is 331 g/mol. The number of rotatable bonds is 4. The standard InChI is InChI=1S/C18H25N3OS/c1-13-7-5-8-14(2)20(13)11-6-12-21-17(22)15-9-3-4-10-16(15)19-18(21)23/h3-4,9-10,13-14H,5-8,11-12H2,1-2H3,(H,19,23)/t13-,14+. The van der Waals surface area contributed by atoms with Gasteiger partial charge < -0.3 is 4.98 Å². The van der Waals surface area contributed by atoms with Gasteiger partial charge in [0.2, 0.25) is 0 Å². The zero-order valence-corrected chi connectivity index (χ0v) is 14.7. The monoisotopic (exact) mass is 331 g/mol. The van der Waals surface area contributed by atoms with E-state index in [1.54, 1.807) is 4.57 Å². The molecular weight excluding hydrogens is 306 g/mol. The van der Waals surface area contributed by atoms with E-state index in [0.717, 1.165) is 18.5 Å². The third-order valence-corrected chi connectivity index (χ3v) is 5.39. The van der Waals surface area contributed by atoms with Crippen molar-refractivity contribution in [3.63, 3.8) is 0 Å². The second kappa shape index (κ2) is 6.97. The van der Waals surface area contributed by atoms with Crippen LogP contribution in [0.2, 0.25) is 0 Å². The molecule has 1 N–H and O–H groups in total. The van der Waals surface area contributed by atoms with E-state index in [0.29, 0.717) is 28.8 Å². The maximum atomic E-state index is 12.6. The van der Waals surface area contributed by atoms with Gasteiger partial charge in [0.1, 0.15) is 0 Å². The van der Waals surface area contributed by atoms with Gasteiger partial charge in [-0.3, -0.25) is 14.3 Å². The van der Waals surface area contributed by atoms with Gasteiger partial charge in [-0.2, -0.15) is 0 Å². The number of aromatic nitrogens is 2. The van der Waals surface area contributed by atoms with Gasteiger partial charge in [0.25, 0.3) is 5.56 Å². The molecule has 0 unspecified atom stereocenters. The number of fused-ring (bicyclic) bond motifs is 1. The van der Waals surface area contributed by atoms with Crippen LogP contribution in [0.4, 0.5) is 0 Å². The molecule has 1 saturated heterocycles. The predicted molar refractivity (Wildman–Crippen MR) is 97.5 cm³/mol. The molecular formula is C18H25N3OS. The highest BCUT2D eigenvalue weighted by Crippen LogP contribution is 2.22. The molecule has 0 aliphatic carbocycles. The van der Waals surface area contributed by atoms with Gasteiger partial charge in [-0.05, 0) is 57.5 Å². The number of likely N-dealkylation sites (tertiary alicyclic amines) is 1. The summed E-state index contributed by atoms with van der Waals surface area (Å²) in [6.45, 7) is 6.32. The molecule has 0 saturated carbocycles. The van der Waals surface area contributed by atoms with Gasteiger partial charge in [-0.25, -0.2) is 0 Å². The molecule has 5 heteroatoms. The number of benzene rings is 1. The normalized spacial score (nSPS) is 22.5. The first kappa shape index (κ1) is 16.4. The van der Waals surface area contributed by atoms with Crippen molar-refractivity contribution in [1.29, 1.82) is 0 Å². The van der Waals surface area contributed by atoms with Crippen molar-refractivity contribution < 1.29 is 0 Å². The summed E-state index contributed by atoms with van der Waals surface area (Å²) in [6, 6.07) is 8.84. The lowest BCUT2D eigenvalue weighted by molar-refractivity contribution is 0.100. The Bertz CT molecular complexity index is 785. The first-order valence-electron chi connectivity index (χ1n) is 8.55. The lowest BCUT2D eigenvalue weighted by atomic mass is 9.97. The Hall–Kier alpha value is -1.46. The van der Waals surface area contributed by atoms with Crippen molar-refractivity contribution in [2.24, 2.45) is 0 Å². The van der Waals surface area contributed by atoms with Crippen molar-refractivity contribution in [3.05, 3.63) is 39.4 Å². The van der Waals surface area contributed by atoms with Crippen molar-refractivity contribution in [2.45, 2.75) is 58.2 Å². The van der Waals surface area contributed by atoms with Gasteiger partial charge in [0.05, 0.1) is 10.9 Å². The fourth-order valence-corrected chi connectivity index (χ4v) is 4.01. The Kier molecular flexibility index (Phi) is 4.97. The molecule has 2 aromatic rings. The van der Waals surface area contributed by atoms with Crippen LogP contribution in [0, 0.1) is 4.77 Å². The molecule has 4 nitrogen and oxygen atoms in total. The number of para-hydroxylation sites is 1. The fourth-order valence-electron chi connectivity index (χ4n) is 3.73. The molecule has 2 atom stereocenters. The summed E-state index contributed by atoms with van der Waals surface area (Å²) in [6.07, 6.45) is 4.83. The summed E-state index contributed by atoms with van der Waals surface area (Å²) < 4.78 is 2.23. The van der Waals surface area contributed by atoms with Crippen LogP contribution in [0.25, 0.3) is 10.9 Å². The molecule has 124 valence electrons. The van der Waals surface area contributed by atoms with Crippen LogP contribution in [-0.2, 0) is 6.54 Å². The second-order valence-corrected chi connectivity index (χ2v) is 7.04. The Morgan fingerprint density at radius 2 is 1.87 bits per heavy atom. The number of nitrogens with one attached hydrogen (secondary N) is 1. The lowest BCUT2D eigenvalue weighted by Gasteiger charge is -2.39. The Morgan fingerprint density at radius 1 is 1.17 bits per heavy atom. The molecule has 1 aliphatic rings. The van der Waals surface area contributed by atoms with E-state index in [9.17, 15) is 4.79 Å². The van der Waals surface area contributed by atoms with Crippen molar-refractivity contribution >= 4 is 23.1 Å². The summed E-state index contributed by atoms with van der Waals surface area (Å²) in [5.41, 5.74) is 0.834. The van der Waals surface area contributed by atoms with E-state index < -0.39 is 0 Å². The quantitative estimate of drug-likeness (QED) is 0.868. The fraction of sp³-hybridized carbons (Fsp3) is 0.556. The van der Waals surface area contributed by atoms with Crippen LogP contribution in [0.15, 0.2) is 29.1 Å². The molecule has 1 aliphatic heterocycles. The number of piperidine rings is 1. The number of hydrogen-bond donors (Lipinski definition) is 1. The number of hydrogen-bond acceptors (Lipinski definition) is 3. The molecule has 0 bridgehead atoms. The van der Waals surface area contributed by atoms with E-state index >= 15 is 0 Å². The topological polar surface area (TPSA) is 41.0 Å².